The van der Waals surface area contributed by atoms with Gasteiger partial charge in [-0.25, -0.2) is 4.98 Å². The van der Waals surface area contributed by atoms with E-state index in [9.17, 15) is 0 Å². The second kappa shape index (κ2) is 9.26. The van der Waals surface area contributed by atoms with E-state index in [0.717, 1.165) is 38.3 Å². The molecule has 0 spiro atoms. The Bertz CT molecular complexity index is 474. The Morgan fingerprint density at radius 1 is 1.19 bits per heavy atom. The molecule has 0 saturated heterocycles. The topological polar surface area (TPSA) is 60.0 Å². The summed E-state index contributed by atoms with van der Waals surface area (Å²) in [5.74, 6) is 0.915. The van der Waals surface area contributed by atoms with Crippen LogP contribution in [0, 0.1) is 0 Å². The van der Waals surface area contributed by atoms with E-state index in [1.807, 2.05) is 18.2 Å². The maximum absolute atomic E-state index is 5.79. The molecule has 1 aromatic carbocycles. The van der Waals surface area contributed by atoms with E-state index >= 15 is 0 Å². The number of H-pyrrole nitrogens is 1. The van der Waals surface area contributed by atoms with Gasteiger partial charge in [-0.3, -0.25) is 5.10 Å². The lowest BCUT2D eigenvalue weighted by Gasteiger charge is -2.13. The van der Waals surface area contributed by atoms with Gasteiger partial charge in [0.2, 0.25) is 0 Å². The van der Waals surface area contributed by atoms with Crippen LogP contribution in [0.3, 0.4) is 0 Å². The zero-order valence-corrected chi connectivity index (χ0v) is 12.5. The van der Waals surface area contributed by atoms with E-state index in [2.05, 4.69) is 34.2 Å². The summed E-state index contributed by atoms with van der Waals surface area (Å²) in [4.78, 5) is 4.07. The summed E-state index contributed by atoms with van der Waals surface area (Å²) in [6, 6.07) is 10.2. The van der Waals surface area contributed by atoms with E-state index in [1.165, 1.54) is 11.9 Å². The van der Waals surface area contributed by atoms with Crippen LogP contribution in [0.1, 0.15) is 31.2 Å². The highest BCUT2D eigenvalue weighted by molar-refractivity contribution is 5.13. The van der Waals surface area contributed by atoms with E-state index < -0.39 is 0 Å². The quantitative estimate of drug-likeness (QED) is 0.683. The van der Waals surface area contributed by atoms with Gasteiger partial charge >= 0.3 is 0 Å². The summed E-state index contributed by atoms with van der Waals surface area (Å²) in [6.45, 7) is 4.22. The minimum absolute atomic E-state index is 0.208. The van der Waals surface area contributed by atoms with Crippen molar-refractivity contribution in [3.05, 3.63) is 48.0 Å². The fourth-order valence-corrected chi connectivity index (χ4v) is 1.94. The van der Waals surface area contributed by atoms with Crippen molar-refractivity contribution >= 4 is 0 Å². The predicted molar refractivity (Wildman–Crippen MR) is 80.8 cm³/mol. The average molecular weight is 289 g/mol. The first-order valence-corrected chi connectivity index (χ1v) is 7.42. The van der Waals surface area contributed by atoms with Crippen molar-refractivity contribution < 1.29 is 9.47 Å². The van der Waals surface area contributed by atoms with Crippen molar-refractivity contribution in [1.82, 2.24) is 15.2 Å². The fourth-order valence-electron chi connectivity index (χ4n) is 1.94. The van der Waals surface area contributed by atoms with Crippen LogP contribution in [0.4, 0.5) is 0 Å². The molecule has 0 aliphatic rings. The van der Waals surface area contributed by atoms with Gasteiger partial charge in [-0.1, -0.05) is 30.3 Å². The second-order valence-electron chi connectivity index (χ2n) is 5.04. The highest BCUT2D eigenvalue weighted by Crippen LogP contribution is 2.06. The van der Waals surface area contributed by atoms with Crippen molar-refractivity contribution in [2.24, 2.45) is 0 Å². The Morgan fingerprint density at radius 3 is 2.81 bits per heavy atom. The average Bonchev–Trinajstić information content (AvgIpc) is 3.03. The van der Waals surface area contributed by atoms with Gasteiger partial charge in [0.15, 0.2) is 0 Å². The maximum atomic E-state index is 5.79. The van der Waals surface area contributed by atoms with Crippen LogP contribution in [0.15, 0.2) is 36.7 Å². The SMILES string of the molecule is C[C@@H](CCOCCCc1ncn[nH]1)OCc1ccccc1. The standard InChI is InChI=1S/C16H23N3O2/c1-14(21-12-15-6-3-2-4-7-15)9-11-20-10-5-8-16-17-13-18-19-16/h2-4,6-7,13-14H,5,8-12H2,1H3,(H,17,18,19)/t14-/m0/s1. The number of aromatic nitrogens is 3. The highest BCUT2D eigenvalue weighted by atomic mass is 16.5. The lowest BCUT2D eigenvalue weighted by Crippen LogP contribution is -2.12. The minimum Gasteiger partial charge on any atom is -0.381 e. The van der Waals surface area contributed by atoms with E-state index in [-0.39, 0.29) is 6.10 Å². The third-order valence-corrected chi connectivity index (χ3v) is 3.21. The predicted octanol–water partition coefficient (Wildman–Crippen LogP) is 2.75. The molecule has 0 fully saturated rings. The second-order valence-corrected chi connectivity index (χ2v) is 5.04. The maximum Gasteiger partial charge on any atom is 0.137 e. The molecule has 1 aromatic heterocycles. The van der Waals surface area contributed by atoms with Gasteiger partial charge in [-0.15, -0.1) is 0 Å². The summed E-state index contributed by atoms with van der Waals surface area (Å²) < 4.78 is 11.4. The Morgan fingerprint density at radius 2 is 2.05 bits per heavy atom. The first-order chi connectivity index (χ1) is 10.3. The zero-order valence-electron chi connectivity index (χ0n) is 12.5. The molecule has 0 aliphatic heterocycles. The molecule has 0 amide bonds. The molecule has 2 rings (SSSR count). The number of nitrogens with zero attached hydrogens (tertiary/aromatic N) is 2. The molecule has 21 heavy (non-hydrogen) atoms. The number of aryl methyl sites for hydroxylation is 1. The lowest BCUT2D eigenvalue weighted by molar-refractivity contribution is 0.0217. The molecule has 1 heterocycles. The van der Waals surface area contributed by atoms with Crippen LogP contribution in [0.25, 0.3) is 0 Å². The van der Waals surface area contributed by atoms with Crippen molar-refractivity contribution in [3.8, 4) is 0 Å². The highest BCUT2D eigenvalue weighted by Gasteiger charge is 2.03. The number of hydrogen-bond donors (Lipinski definition) is 1. The van der Waals surface area contributed by atoms with Crippen LogP contribution >= 0.6 is 0 Å². The zero-order chi connectivity index (χ0) is 14.8. The molecule has 0 radical (unpaired) electrons. The monoisotopic (exact) mass is 289 g/mol. The number of aromatic amines is 1. The summed E-state index contributed by atoms with van der Waals surface area (Å²) in [5.41, 5.74) is 1.21. The number of nitrogens with one attached hydrogen (secondary N) is 1. The van der Waals surface area contributed by atoms with Gasteiger partial charge in [-0.2, -0.15) is 5.10 Å². The summed E-state index contributed by atoms with van der Waals surface area (Å²) in [5, 5.41) is 6.65. The molecular weight excluding hydrogens is 266 g/mol. The number of hydrogen-bond acceptors (Lipinski definition) is 4. The van der Waals surface area contributed by atoms with Crippen LogP contribution in [0.5, 0.6) is 0 Å². The van der Waals surface area contributed by atoms with Crippen molar-refractivity contribution in [1.29, 1.82) is 0 Å². The molecule has 0 unspecified atom stereocenters. The number of benzene rings is 1. The van der Waals surface area contributed by atoms with E-state index in [4.69, 9.17) is 9.47 Å². The largest absolute Gasteiger partial charge is 0.381 e. The third-order valence-electron chi connectivity index (χ3n) is 3.21. The molecule has 0 aliphatic carbocycles. The van der Waals surface area contributed by atoms with Crippen LogP contribution < -0.4 is 0 Å². The van der Waals surface area contributed by atoms with Crippen molar-refractivity contribution in [3.63, 3.8) is 0 Å². The Balaban J connectivity index is 1.46. The van der Waals surface area contributed by atoms with E-state index in [1.54, 1.807) is 0 Å². The van der Waals surface area contributed by atoms with Gasteiger partial charge in [0.05, 0.1) is 12.7 Å². The molecule has 1 N–H and O–H groups in total. The molecule has 0 bridgehead atoms. The van der Waals surface area contributed by atoms with Gasteiger partial charge in [-0.05, 0) is 25.3 Å². The number of rotatable bonds is 10. The minimum atomic E-state index is 0.208. The van der Waals surface area contributed by atoms with Crippen LogP contribution in [0.2, 0.25) is 0 Å². The summed E-state index contributed by atoms with van der Waals surface area (Å²) in [6.07, 6.45) is 4.48. The lowest BCUT2D eigenvalue weighted by atomic mass is 10.2. The smallest absolute Gasteiger partial charge is 0.137 e. The molecular formula is C16H23N3O2. The van der Waals surface area contributed by atoms with Gasteiger partial charge in [0.25, 0.3) is 0 Å². The molecule has 5 nitrogen and oxygen atoms in total. The molecule has 114 valence electrons. The van der Waals surface area contributed by atoms with Crippen LogP contribution in [-0.2, 0) is 22.5 Å². The van der Waals surface area contributed by atoms with Gasteiger partial charge in [0.1, 0.15) is 12.2 Å². The normalized spacial score (nSPS) is 12.4. The van der Waals surface area contributed by atoms with Crippen LogP contribution in [-0.4, -0.2) is 34.5 Å². The van der Waals surface area contributed by atoms with Crippen molar-refractivity contribution in [2.45, 2.75) is 38.9 Å². The first-order valence-electron chi connectivity index (χ1n) is 7.42. The van der Waals surface area contributed by atoms with Gasteiger partial charge in [0, 0.05) is 19.6 Å². The Labute approximate surface area is 125 Å². The molecule has 5 heteroatoms. The molecule has 1 atom stereocenters. The summed E-state index contributed by atoms with van der Waals surface area (Å²) in [7, 11) is 0. The molecule has 0 saturated carbocycles. The third kappa shape index (κ3) is 6.51. The Kier molecular flexibility index (Phi) is 6.91. The Hall–Kier alpha value is -1.72. The first kappa shape index (κ1) is 15.7. The molecule has 2 aromatic rings. The number of ether oxygens (including phenoxy) is 2. The fraction of sp³-hybridized carbons (Fsp3) is 0.500. The van der Waals surface area contributed by atoms with Crippen molar-refractivity contribution in [2.75, 3.05) is 13.2 Å². The van der Waals surface area contributed by atoms with E-state index in [0.29, 0.717) is 6.61 Å². The van der Waals surface area contributed by atoms with Gasteiger partial charge < -0.3 is 9.47 Å². The summed E-state index contributed by atoms with van der Waals surface area (Å²) >= 11 is 0.